The van der Waals surface area contributed by atoms with E-state index in [9.17, 15) is 0 Å². The monoisotopic (exact) mass is 1180 g/mol. The Morgan fingerprint density at radius 1 is 0.293 bits per heavy atom. The molecule has 2 aliphatic carbocycles. The van der Waals surface area contributed by atoms with Gasteiger partial charge in [-0.1, -0.05) is 209 Å². The van der Waals surface area contributed by atoms with Crippen LogP contribution in [0.2, 0.25) is 0 Å². The van der Waals surface area contributed by atoms with Gasteiger partial charge in [-0.2, -0.15) is 0 Å². The largest absolute Gasteiger partial charge is 0.365 e. The quantitative estimate of drug-likeness (QED) is 0.141. The molecule has 92 heavy (non-hydrogen) atoms. The number of para-hydroxylation sites is 5. The average Bonchev–Trinajstić information content (AvgIpc) is 0.691. The van der Waals surface area contributed by atoms with Crippen molar-refractivity contribution in [2.45, 2.75) is 70.4 Å². The Hall–Kier alpha value is -10.2. The number of hydrogen-bond acceptors (Lipinski definition) is 5. The first-order valence-corrected chi connectivity index (χ1v) is 33.5. The van der Waals surface area contributed by atoms with E-state index in [0.717, 1.165) is 23.2 Å². The molecule has 4 bridgehead atoms. The summed E-state index contributed by atoms with van der Waals surface area (Å²) in [6.45, 7) is 6.89. The van der Waals surface area contributed by atoms with E-state index < -0.39 is 0 Å². The van der Waals surface area contributed by atoms with Gasteiger partial charge in [0.15, 0.2) is 0 Å². The highest BCUT2D eigenvalue weighted by Gasteiger charge is 2.52. The topological polar surface area (TPSA) is 16.2 Å². The molecule has 0 N–H and O–H groups in total. The first-order chi connectivity index (χ1) is 45.3. The molecule has 7 heteroatoms. The van der Waals surface area contributed by atoms with Crippen molar-refractivity contribution in [3.05, 3.63) is 285 Å². The fraction of sp³-hybridized carbons (Fsp3) is 0.153. The fourth-order valence-corrected chi connectivity index (χ4v) is 18.1. The van der Waals surface area contributed by atoms with E-state index in [0.29, 0.717) is 12.1 Å². The summed E-state index contributed by atoms with van der Waals surface area (Å²) in [6.07, 6.45) is 6.48. The van der Waals surface area contributed by atoms with Crippen LogP contribution in [-0.4, -0.2) is 25.5 Å². The number of piperidine rings is 2. The van der Waals surface area contributed by atoms with Gasteiger partial charge in [0.2, 0.25) is 0 Å². The van der Waals surface area contributed by atoms with Gasteiger partial charge >= 0.3 is 0 Å². The lowest BCUT2D eigenvalue weighted by Crippen LogP contribution is -2.65. The lowest BCUT2D eigenvalue weighted by molar-refractivity contribution is 0.0900. The highest BCUT2D eigenvalue weighted by atomic mass is 15.2. The summed E-state index contributed by atoms with van der Waals surface area (Å²) in [5.74, 6) is 1.62. The summed E-state index contributed by atoms with van der Waals surface area (Å²) < 4.78 is 0. The normalized spacial score (nSPS) is 18.4. The second kappa shape index (κ2) is 20.6. The van der Waals surface area contributed by atoms with E-state index in [1.165, 1.54) is 166 Å². The number of anilines is 13. The van der Waals surface area contributed by atoms with E-state index >= 15 is 0 Å². The van der Waals surface area contributed by atoms with Gasteiger partial charge in [-0.15, -0.1) is 0 Å². The zero-order valence-corrected chi connectivity index (χ0v) is 52.3. The molecule has 2 saturated carbocycles. The van der Waals surface area contributed by atoms with Gasteiger partial charge in [-0.3, -0.25) is 0 Å². The predicted octanol–water partition coefficient (Wildman–Crippen LogP) is 17.9. The highest BCUT2D eigenvalue weighted by molar-refractivity contribution is 7.03. The second-order valence-electron chi connectivity index (χ2n) is 28.0. The smallest absolute Gasteiger partial charge is 0.252 e. The molecular formula is C85H69B2N5. The van der Waals surface area contributed by atoms with Crippen molar-refractivity contribution in [3.8, 4) is 33.4 Å². The summed E-state index contributed by atoms with van der Waals surface area (Å²) in [5, 5.41) is 0. The van der Waals surface area contributed by atoms with E-state index in [1.807, 2.05) is 0 Å². The van der Waals surface area contributed by atoms with Crippen molar-refractivity contribution in [2.75, 3.05) is 24.5 Å². The van der Waals surface area contributed by atoms with Crippen molar-refractivity contribution in [2.24, 2.45) is 11.8 Å². The molecule has 4 fully saturated rings. The summed E-state index contributed by atoms with van der Waals surface area (Å²) in [6, 6.07) is 108. The Labute approximate surface area is 541 Å². The molecule has 6 aliphatic heterocycles. The maximum Gasteiger partial charge on any atom is 0.252 e. The first kappa shape index (κ1) is 53.6. The van der Waals surface area contributed by atoms with E-state index in [1.54, 1.807) is 0 Å². The fourth-order valence-electron chi connectivity index (χ4n) is 18.1. The second-order valence-corrected chi connectivity index (χ2v) is 28.0. The molecule has 12 aromatic rings. The Morgan fingerprint density at radius 2 is 0.663 bits per heavy atom. The molecule has 0 radical (unpaired) electrons. The molecule has 5 nitrogen and oxygen atoms in total. The van der Waals surface area contributed by atoms with Crippen molar-refractivity contribution < 1.29 is 0 Å². The summed E-state index contributed by atoms with van der Waals surface area (Å²) in [7, 11) is 0. The van der Waals surface area contributed by atoms with Gasteiger partial charge in [0.1, 0.15) is 0 Å². The molecule has 12 aromatic carbocycles. The Bertz CT molecular complexity index is 4810. The lowest BCUT2D eigenvalue weighted by Gasteiger charge is -2.58. The molecule has 20 rings (SSSR count). The highest BCUT2D eigenvalue weighted by Crippen LogP contribution is 2.57. The van der Waals surface area contributed by atoms with E-state index in [-0.39, 0.29) is 18.8 Å². The maximum atomic E-state index is 2.94. The number of hydrogen-bond donors (Lipinski definition) is 0. The van der Waals surface area contributed by atoms with Crippen LogP contribution in [-0.2, 0) is 5.41 Å². The van der Waals surface area contributed by atoms with Crippen LogP contribution >= 0.6 is 0 Å². The molecular weight excluding hydrogens is 1110 g/mol. The number of rotatable bonds is 8. The third-order valence-electron chi connectivity index (χ3n) is 21.7. The minimum absolute atomic E-state index is 0.101. The standard InChI is InChI=1S/C85H69B2N5/c1-85(2,3)61-49-78-82-79(50-61)91(64-36-20-9-21-37-64)76-54-77-73(53-72(76)86(82)70-38-22-24-40-74(70)89(78)62-32-16-7-17-33-62)87-71-39-23-25-41-75(71)90(63-34-18-8-19-35-63)80-51-67(88-65-43-55-42-56(45-65)46-66(88)44-55)52-81(83(80)87)92(77)84-68(58-28-12-5-13-29-58)47-60(57-26-10-4-11-27-57)48-69(84)59-30-14-6-15-31-59/h4-41,47-56,65-66H,42-46H2,1-3H3. The van der Waals surface area contributed by atoms with Gasteiger partial charge in [0.05, 0.1) is 5.69 Å². The summed E-state index contributed by atoms with van der Waals surface area (Å²) in [4.78, 5) is 13.6. The van der Waals surface area contributed by atoms with Crippen LogP contribution in [0, 0.1) is 11.8 Å². The van der Waals surface area contributed by atoms with Crippen LogP contribution in [0.1, 0.15) is 58.4 Å². The third kappa shape index (κ3) is 8.19. The molecule has 0 spiro atoms. The zero-order valence-electron chi connectivity index (χ0n) is 52.3. The van der Waals surface area contributed by atoms with Crippen LogP contribution in [0.4, 0.5) is 73.9 Å². The molecule has 8 aliphatic rings. The molecule has 0 unspecified atom stereocenters. The van der Waals surface area contributed by atoms with Gasteiger partial charge in [0, 0.05) is 91.5 Å². The lowest BCUT2D eigenvalue weighted by atomic mass is 9.30. The maximum absolute atomic E-state index is 2.94. The van der Waals surface area contributed by atoms with Crippen LogP contribution in [0.15, 0.2) is 279 Å². The SMILES string of the molecule is CC(C)(C)c1cc2c3c(c1)N(c1ccccc1)c1cc4c(cc1B3c1ccccc1N2c1ccccc1)B1c2ccccc2N(c2ccccc2)c2cc(N3C5CC6CC(C5)CC3C6)cc(c21)N4c1c(-c2ccccc2)cc(-c2ccccc2)cc1-c1ccccc1. The van der Waals surface area contributed by atoms with Gasteiger partial charge in [0.25, 0.3) is 13.4 Å². The van der Waals surface area contributed by atoms with Crippen LogP contribution in [0.25, 0.3) is 33.4 Å². The number of fused-ring (bicyclic) bond motifs is 8. The molecule has 0 amide bonds. The minimum Gasteiger partial charge on any atom is -0.365 e. The Kier molecular flexibility index (Phi) is 12.0. The predicted molar refractivity (Wildman–Crippen MR) is 390 cm³/mol. The summed E-state index contributed by atoms with van der Waals surface area (Å²) in [5.41, 5.74) is 31.9. The van der Waals surface area contributed by atoms with E-state index in [4.69, 9.17) is 0 Å². The molecule has 2 saturated heterocycles. The Morgan fingerprint density at radius 3 is 1.11 bits per heavy atom. The average molecular weight is 1180 g/mol. The van der Waals surface area contributed by atoms with Gasteiger partial charge in [-0.05, 0) is 201 Å². The van der Waals surface area contributed by atoms with Crippen LogP contribution < -0.4 is 57.3 Å². The van der Waals surface area contributed by atoms with Gasteiger partial charge in [-0.25, -0.2) is 0 Å². The first-order valence-electron chi connectivity index (χ1n) is 33.5. The Balaban J connectivity index is 0.982. The molecule has 0 atom stereocenters. The van der Waals surface area contributed by atoms with Crippen LogP contribution in [0.5, 0.6) is 0 Å². The molecule has 0 aromatic heterocycles. The molecule has 440 valence electrons. The number of nitrogens with zero attached hydrogens (tertiary/aromatic N) is 5. The van der Waals surface area contributed by atoms with Crippen molar-refractivity contribution in [1.82, 2.24) is 0 Å². The van der Waals surface area contributed by atoms with Crippen molar-refractivity contribution in [3.63, 3.8) is 0 Å². The minimum atomic E-state index is -0.169. The van der Waals surface area contributed by atoms with Crippen molar-refractivity contribution >= 4 is 120 Å². The van der Waals surface area contributed by atoms with Crippen LogP contribution in [0.3, 0.4) is 0 Å². The van der Waals surface area contributed by atoms with Crippen molar-refractivity contribution in [1.29, 1.82) is 0 Å². The third-order valence-corrected chi connectivity index (χ3v) is 21.7. The van der Waals surface area contributed by atoms with Gasteiger partial charge < -0.3 is 24.5 Å². The summed E-state index contributed by atoms with van der Waals surface area (Å²) >= 11 is 0. The zero-order chi connectivity index (χ0) is 60.9. The van der Waals surface area contributed by atoms with E-state index in [2.05, 4.69) is 324 Å². The number of benzene rings is 12. The molecule has 6 heterocycles.